The molecule has 12 heteroatoms. The third kappa shape index (κ3) is 6.44. The molecule has 0 aromatic heterocycles. The predicted molar refractivity (Wildman–Crippen MR) is 123 cm³/mol. The molecule has 0 aromatic carbocycles. The van der Waals surface area contributed by atoms with Gasteiger partial charge in [0.1, 0.15) is 6.04 Å². The molecule has 2 aliphatic heterocycles. The number of Topliss-reactive ketones (excluding diaryl/α,β-unsaturated/α-hetero) is 1. The van der Waals surface area contributed by atoms with Crippen molar-refractivity contribution in [1.82, 2.24) is 19.9 Å². The molecule has 0 spiro atoms. The molecule has 3 aliphatic rings. The van der Waals surface area contributed by atoms with Crippen LogP contribution in [0.1, 0.15) is 44.9 Å². The highest BCUT2D eigenvalue weighted by atomic mass is 32.2. The molecule has 1 saturated carbocycles. The standard InChI is InChI=1S/C20H33N5O5S2/c1-24-12-13-31-20(24)23-22-19(28)17(26)16(21-18(27)15-6-4-3-5-7-15)14-8-10-25(11-9-14)32(2,29)30/h14-16H,3-13H2,1-2H3,(H,21,27)(H,22,28). The van der Waals surface area contributed by atoms with Crippen molar-refractivity contribution in [2.75, 3.05) is 38.7 Å². The van der Waals surface area contributed by atoms with Gasteiger partial charge in [-0.2, -0.15) is 0 Å². The van der Waals surface area contributed by atoms with Gasteiger partial charge in [0.25, 0.3) is 0 Å². The molecule has 2 heterocycles. The lowest BCUT2D eigenvalue weighted by Crippen LogP contribution is -2.54. The smallest absolute Gasteiger partial charge is 0.309 e. The van der Waals surface area contributed by atoms with Crippen molar-refractivity contribution < 1.29 is 22.8 Å². The number of nitrogens with one attached hydrogen (secondary N) is 2. The molecule has 0 bridgehead atoms. The minimum absolute atomic E-state index is 0.151. The fraction of sp³-hybridized carbons (Fsp3) is 0.800. The SMILES string of the molecule is CN1CCSC1=NNC(=O)C(=O)C(NC(=O)C1CCCCC1)C1CCN(S(C)(=O)=O)CC1. The van der Waals surface area contributed by atoms with Crippen molar-refractivity contribution in [2.45, 2.75) is 51.0 Å². The summed E-state index contributed by atoms with van der Waals surface area (Å²) in [7, 11) is -1.46. The van der Waals surface area contributed by atoms with Crippen molar-refractivity contribution in [2.24, 2.45) is 16.9 Å². The molecule has 3 rings (SSSR count). The molecular weight excluding hydrogens is 454 g/mol. The Balaban J connectivity index is 1.69. The molecule has 1 atom stereocenters. The van der Waals surface area contributed by atoms with Crippen LogP contribution < -0.4 is 10.7 Å². The largest absolute Gasteiger partial charge is 0.352 e. The number of sulfonamides is 1. The van der Waals surface area contributed by atoms with E-state index >= 15 is 0 Å². The molecular formula is C20H33N5O5S2. The third-order valence-electron chi connectivity index (χ3n) is 6.46. The van der Waals surface area contributed by atoms with E-state index in [0.29, 0.717) is 18.0 Å². The highest BCUT2D eigenvalue weighted by molar-refractivity contribution is 8.14. The second-order valence-electron chi connectivity index (χ2n) is 8.79. The molecule has 3 fully saturated rings. The summed E-state index contributed by atoms with van der Waals surface area (Å²) in [4.78, 5) is 40.5. The number of carbonyl (C=O) groups excluding carboxylic acids is 3. The van der Waals surface area contributed by atoms with Crippen LogP contribution in [0.3, 0.4) is 0 Å². The summed E-state index contributed by atoms with van der Waals surface area (Å²) in [5.41, 5.74) is 2.34. The van der Waals surface area contributed by atoms with Gasteiger partial charge in [-0.1, -0.05) is 31.0 Å². The Morgan fingerprint density at radius 1 is 1.06 bits per heavy atom. The number of thioether (sulfide) groups is 1. The number of hydrogen-bond donors (Lipinski definition) is 2. The third-order valence-corrected chi connectivity index (χ3v) is 8.81. The second-order valence-corrected chi connectivity index (χ2v) is 11.8. The molecule has 1 aliphatic carbocycles. The second kappa shape index (κ2) is 11.0. The summed E-state index contributed by atoms with van der Waals surface area (Å²) in [5.74, 6) is -1.39. The van der Waals surface area contributed by atoms with Crippen LogP contribution in [0.15, 0.2) is 5.10 Å². The molecule has 10 nitrogen and oxygen atoms in total. The van der Waals surface area contributed by atoms with Crippen molar-refractivity contribution in [3.8, 4) is 0 Å². The Morgan fingerprint density at radius 3 is 2.28 bits per heavy atom. The highest BCUT2D eigenvalue weighted by Gasteiger charge is 2.38. The fourth-order valence-electron chi connectivity index (χ4n) is 4.47. The molecule has 0 aromatic rings. The summed E-state index contributed by atoms with van der Waals surface area (Å²) in [5, 5.41) is 7.53. The number of amides is 2. The topological polar surface area (TPSA) is 128 Å². The van der Waals surface area contributed by atoms with Gasteiger partial charge >= 0.3 is 5.91 Å². The van der Waals surface area contributed by atoms with Crippen molar-refractivity contribution in [3.05, 3.63) is 0 Å². The Hall–Kier alpha value is -1.66. The molecule has 2 saturated heterocycles. The van der Waals surface area contributed by atoms with E-state index in [2.05, 4.69) is 15.8 Å². The number of amidine groups is 1. The molecule has 2 N–H and O–H groups in total. The van der Waals surface area contributed by atoms with Crippen LogP contribution in [0.4, 0.5) is 0 Å². The number of ketones is 1. The van der Waals surface area contributed by atoms with Crippen LogP contribution in [-0.4, -0.2) is 85.1 Å². The molecule has 180 valence electrons. The van der Waals surface area contributed by atoms with Gasteiger partial charge in [0.05, 0.1) is 6.26 Å². The van der Waals surface area contributed by atoms with E-state index in [9.17, 15) is 22.8 Å². The summed E-state index contributed by atoms with van der Waals surface area (Å²) in [6.45, 7) is 1.34. The number of hydrazone groups is 1. The lowest BCUT2D eigenvalue weighted by Gasteiger charge is -2.35. The first-order valence-electron chi connectivity index (χ1n) is 11.2. The highest BCUT2D eigenvalue weighted by Crippen LogP contribution is 2.26. The number of piperidine rings is 1. The van der Waals surface area contributed by atoms with Crippen LogP contribution in [0.5, 0.6) is 0 Å². The maximum absolute atomic E-state index is 13.1. The molecule has 2 amide bonds. The first-order chi connectivity index (χ1) is 15.2. The minimum Gasteiger partial charge on any atom is -0.352 e. The van der Waals surface area contributed by atoms with Crippen LogP contribution in [0.2, 0.25) is 0 Å². The Bertz CT molecular complexity index is 848. The first kappa shape index (κ1) is 25.0. The van der Waals surface area contributed by atoms with E-state index in [1.54, 1.807) is 0 Å². The minimum atomic E-state index is -3.32. The van der Waals surface area contributed by atoms with Crippen molar-refractivity contribution in [3.63, 3.8) is 0 Å². The van der Waals surface area contributed by atoms with Gasteiger partial charge in [0.15, 0.2) is 5.17 Å². The molecule has 32 heavy (non-hydrogen) atoms. The maximum atomic E-state index is 13.1. The van der Waals surface area contributed by atoms with Gasteiger partial charge in [0.2, 0.25) is 21.7 Å². The van der Waals surface area contributed by atoms with E-state index in [0.717, 1.165) is 50.7 Å². The van der Waals surface area contributed by atoms with Crippen LogP contribution in [0, 0.1) is 11.8 Å². The van der Waals surface area contributed by atoms with Crippen LogP contribution >= 0.6 is 11.8 Å². The first-order valence-corrected chi connectivity index (χ1v) is 14.0. The number of hydrogen-bond acceptors (Lipinski definition) is 7. The lowest BCUT2D eigenvalue weighted by atomic mass is 9.85. The number of carbonyl (C=O) groups is 3. The predicted octanol–water partition coefficient (Wildman–Crippen LogP) is 0.358. The quantitative estimate of drug-likeness (QED) is 0.392. The van der Waals surface area contributed by atoms with Gasteiger partial charge in [-0.15, -0.1) is 5.10 Å². The van der Waals surface area contributed by atoms with Gasteiger partial charge in [-0.3, -0.25) is 14.4 Å². The Labute approximate surface area is 194 Å². The summed E-state index contributed by atoms with van der Waals surface area (Å²) in [6.07, 6.45) is 6.57. The van der Waals surface area contributed by atoms with E-state index in [1.807, 2.05) is 11.9 Å². The van der Waals surface area contributed by atoms with Crippen LogP contribution in [-0.2, 0) is 24.4 Å². The number of rotatable bonds is 7. The zero-order valence-corrected chi connectivity index (χ0v) is 20.3. The zero-order valence-electron chi connectivity index (χ0n) is 18.7. The van der Waals surface area contributed by atoms with Crippen molar-refractivity contribution >= 4 is 44.6 Å². The van der Waals surface area contributed by atoms with Crippen molar-refractivity contribution in [1.29, 1.82) is 0 Å². The summed E-state index contributed by atoms with van der Waals surface area (Å²) < 4.78 is 25.0. The van der Waals surface area contributed by atoms with E-state index < -0.39 is 27.8 Å². The van der Waals surface area contributed by atoms with Crippen LogP contribution in [0.25, 0.3) is 0 Å². The zero-order chi connectivity index (χ0) is 23.3. The fourth-order valence-corrected chi connectivity index (χ4v) is 6.31. The Kier molecular flexibility index (Phi) is 8.56. The normalized spacial score (nSPS) is 23.8. The summed E-state index contributed by atoms with van der Waals surface area (Å²) in [6, 6.07) is -0.986. The lowest BCUT2D eigenvalue weighted by molar-refractivity contribution is -0.141. The summed E-state index contributed by atoms with van der Waals surface area (Å²) >= 11 is 1.49. The van der Waals surface area contributed by atoms with Gasteiger partial charge < -0.3 is 10.2 Å². The molecule has 0 radical (unpaired) electrons. The van der Waals surface area contributed by atoms with E-state index in [4.69, 9.17) is 0 Å². The van der Waals surface area contributed by atoms with E-state index in [1.165, 1.54) is 16.1 Å². The maximum Gasteiger partial charge on any atom is 0.309 e. The average Bonchev–Trinajstić information content (AvgIpc) is 3.20. The number of nitrogens with zero attached hydrogens (tertiary/aromatic N) is 3. The van der Waals surface area contributed by atoms with Gasteiger partial charge in [0, 0.05) is 38.4 Å². The monoisotopic (exact) mass is 487 g/mol. The van der Waals surface area contributed by atoms with Gasteiger partial charge in [-0.05, 0) is 31.6 Å². The van der Waals surface area contributed by atoms with Gasteiger partial charge in [-0.25, -0.2) is 18.1 Å². The molecule has 1 unspecified atom stereocenters. The Morgan fingerprint density at radius 2 is 1.72 bits per heavy atom. The average molecular weight is 488 g/mol. The van der Waals surface area contributed by atoms with E-state index in [-0.39, 0.29) is 30.8 Å².